The molecular weight excluding hydrogens is 509 g/mol. The van der Waals surface area contributed by atoms with Crippen LogP contribution in [-0.4, -0.2) is 64.0 Å². The lowest BCUT2D eigenvalue weighted by Crippen LogP contribution is -2.42. The van der Waals surface area contributed by atoms with Gasteiger partial charge in [0.05, 0.1) is 31.4 Å². The Bertz CT molecular complexity index is 1190. The highest BCUT2D eigenvalue weighted by molar-refractivity contribution is 7.81. The molecule has 2 aromatic rings. The van der Waals surface area contributed by atoms with Crippen LogP contribution in [0.5, 0.6) is 0 Å². The molecule has 204 valence electrons. The van der Waals surface area contributed by atoms with E-state index in [-0.39, 0.29) is 42.4 Å². The Balaban J connectivity index is 1.57. The van der Waals surface area contributed by atoms with Crippen LogP contribution in [-0.2, 0) is 23.9 Å². The summed E-state index contributed by atoms with van der Waals surface area (Å²) in [6, 6.07) is 6.63. The second kappa shape index (κ2) is 12.7. The topological polar surface area (TPSA) is 90.7 Å². The summed E-state index contributed by atoms with van der Waals surface area (Å²) in [5.41, 5.74) is 1.92. The highest BCUT2D eigenvalue weighted by atomic mass is 32.1. The monoisotopic (exact) mass is 543 g/mol. The van der Waals surface area contributed by atoms with E-state index in [2.05, 4.69) is 5.10 Å². The number of thiol groups is 1. The molecule has 3 atom stereocenters. The Kier molecular flexibility index (Phi) is 9.38. The number of nitrogens with zero attached hydrogens (tertiary/aromatic N) is 3. The molecule has 4 rings (SSSR count). The van der Waals surface area contributed by atoms with Crippen LogP contribution in [0.15, 0.2) is 42.1 Å². The Morgan fingerprint density at radius 1 is 1.13 bits per heavy atom. The number of esters is 2. The second-order valence-electron chi connectivity index (χ2n) is 9.59. The van der Waals surface area contributed by atoms with Crippen molar-refractivity contribution in [1.82, 2.24) is 14.7 Å². The molecule has 1 saturated carbocycles. The van der Waals surface area contributed by atoms with Crippen LogP contribution in [0.4, 0.5) is 4.39 Å². The third-order valence-electron chi connectivity index (χ3n) is 6.82. The van der Waals surface area contributed by atoms with Gasteiger partial charge in [-0.25, -0.2) is 9.18 Å². The maximum Gasteiger partial charge on any atom is 0.331 e. The van der Waals surface area contributed by atoms with Crippen molar-refractivity contribution in [2.75, 3.05) is 26.3 Å². The number of carbonyl (C=O) groups is 3. The number of aromatic nitrogens is 2. The SMILES string of the molecule is CCOC(=O)CC(C(=O)OCC)n1ccc(/C=C2/CN(C(C(=O)C3CC3)c3ccccc3F)CCC2S)n1. The summed E-state index contributed by atoms with van der Waals surface area (Å²) in [4.78, 5) is 40.0. The lowest BCUT2D eigenvalue weighted by atomic mass is 9.93. The van der Waals surface area contributed by atoms with Gasteiger partial charge in [0.25, 0.3) is 0 Å². The first kappa shape index (κ1) is 28.0. The molecule has 1 aromatic carbocycles. The number of Topliss-reactive ketones (excluding diaryl/α,β-unsaturated/α-hetero) is 1. The first-order valence-electron chi connectivity index (χ1n) is 13.1. The Hall–Kier alpha value is -2.98. The van der Waals surface area contributed by atoms with Crippen molar-refractivity contribution in [3.05, 3.63) is 59.2 Å². The van der Waals surface area contributed by atoms with Crippen LogP contribution in [0.2, 0.25) is 0 Å². The van der Waals surface area contributed by atoms with Crippen LogP contribution in [0, 0.1) is 11.7 Å². The summed E-state index contributed by atoms with van der Waals surface area (Å²) in [5, 5.41) is 4.46. The summed E-state index contributed by atoms with van der Waals surface area (Å²) in [6.07, 6.45) is 5.70. The summed E-state index contributed by atoms with van der Waals surface area (Å²) in [7, 11) is 0. The minimum atomic E-state index is -0.947. The zero-order valence-corrected chi connectivity index (χ0v) is 22.6. The number of benzene rings is 1. The Labute approximate surface area is 227 Å². The van der Waals surface area contributed by atoms with Crippen LogP contribution in [0.25, 0.3) is 6.08 Å². The number of likely N-dealkylation sites (tertiary alicyclic amines) is 1. The Morgan fingerprint density at radius 2 is 1.87 bits per heavy atom. The molecule has 0 bridgehead atoms. The molecule has 10 heteroatoms. The lowest BCUT2D eigenvalue weighted by molar-refractivity contribution is -0.154. The third kappa shape index (κ3) is 6.71. The molecule has 2 heterocycles. The minimum absolute atomic E-state index is 0.0179. The molecular formula is C28H34FN3O5S. The van der Waals surface area contributed by atoms with E-state index in [1.54, 1.807) is 44.3 Å². The number of halogens is 1. The molecule has 0 radical (unpaired) electrons. The number of hydrogen-bond acceptors (Lipinski definition) is 8. The average molecular weight is 544 g/mol. The van der Waals surface area contributed by atoms with Gasteiger partial charge in [-0.2, -0.15) is 17.7 Å². The third-order valence-corrected chi connectivity index (χ3v) is 7.41. The molecule has 1 aliphatic heterocycles. The summed E-state index contributed by atoms with van der Waals surface area (Å²) in [6.45, 7) is 4.83. The lowest BCUT2D eigenvalue weighted by Gasteiger charge is -2.37. The van der Waals surface area contributed by atoms with E-state index in [1.165, 1.54) is 10.7 Å². The molecule has 8 nitrogen and oxygen atoms in total. The molecule has 2 aliphatic rings. The maximum absolute atomic E-state index is 14.8. The number of carbonyl (C=O) groups excluding carboxylic acids is 3. The van der Waals surface area contributed by atoms with Crippen molar-refractivity contribution < 1.29 is 28.2 Å². The van der Waals surface area contributed by atoms with Crippen LogP contribution in [0.1, 0.15) is 62.9 Å². The van der Waals surface area contributed by atoms with Crippen molar-refractivity contribution in [2.45, 2.75) is 56.9 Å². The average Bonchev–Trinajstić information content (AvgIpc) is 3.65. The quantitative estimate of drug-likeness (QED) is 0.336. The van der Waals surface area contributed by atoms with Gasteiger partial charge in [0.2, 0.25) is 0 Å². The predicted molar refractivity (Wildman–Crippen MR) is 143 cm³/mol. The van der Waals surface area contributed by atoms with Crippen molar-refractivity contribution in [2.24, 2.45) is 5.92 Å². The first-order valence-corrected chi connectivity index (χ1v) is 13.6. The van der Waals surface area contributed by atoms with Crippen molar-refractivity contribution in [3.63, 3.8) is 0 Å². The fourth-order valence-corrected chi connectivity index (χ4v) is 5.04. The molecule has 0 amide bonds. The standard InChI is InChI=1S/C28H34FN3O5S/c1-3-36-25(33)16-23(28(35)37-4-2)32-14-11-20(30-32)15-19-17-31(13-12-24(19)38)26(27(34)18-9-10-18)21-7-5-6-8-22(21)29/h5-8,11,14-15,18,23-24,26,38H,3-4,9-10,12-13,16-17H2,1-2H3/b19-15-. The van der Waals surface area contributed by atoms with E-state index in [0.29, 0.717) is 30.8 Å². The molecule has 0 N–H and O–H groups in total. The molecule has 38 heavy (non-hydrogen) atoms. The molecule has 0 spiro atoms. The number of ether oxygens (including phenoxy) is 2. The van der Waals surface area contributed by atoms with Crippen LogP contribution >= 0.6 is 12.6 Å². The number of hydrogen-bond donors (Lipinski definition) is 1. The van der Waals surface area contributed by atoms with Crippen molar-refractivity contribution in [1.29, 1.82) is 0 Å². The van der Waals surface area contributed by atoms with E-state index in [1.807, 2.05) is 11.0 Å². The van der Waals surface area contributed by atoms with Crippen LogP contribution < -0.4 is 0 Å². The molecule has 2 fully saturated rings. The second-order valence-corrected chi connectivity index (χ2v) is 10.2. The van der Waals surface area contributed by atoms with Crippen molar-refractivity contribution in [3.8, 4) is 0 Å². The highest BCUT2D eigenvalue weighted by Crippen LogP contribution is 2.39. The van der Waals surface area contributed by atoms with E-state index in [0.717, 1.165) is 18.4 Å². The van der Waals surface area contributed by atoms with Gasteiger partial charge in [0.15, 0.2) is 11.8 Å². The zero-order valence-electron chi connectivity index (χ0n) is 21.7. The number of ketones is 1. The molecule has 1 aliphatic carbocycles. The van der Waals surface area contributed by atoms with Gasteiger partial charge >= 0.3 is 11.9 Å². The Morgan fingerprint density at radius 3 is 2.55 bits per heavy atom. The summed E-state index contributed by atoms with van der Waals surface area (Å²) >= 11 is 4.76. The van der Waals surface area contributed by atoms with Gasteiger partial charge in [-0.05, 0) is 56.9 Å². The smallest absolute Gasteiger partial charge is 0.331 e. The fraction of sp³-hybridized carbons (Fsp3) is 0.500. The zero-order chi connectivity index (χ0) is 27.2. The summed E-state index contributed by atoms with van der Waals surface area (Å²) < 4.78 is 26.4. The largest absolute Gasteiger partial charge is 0.466 e. The van der Waals surface area contributed by atoms with E-state index >= 15 is 0 Å². The highest BCUT2D eigenvalue weighted by Gasteiger charge is 2.41. The predicted octanol–water partition coefficient (Wildman–Crippen LogP) is 4.19. The fourth-order valence-electron chi connectivity index (χ4n) is 4.77. The molecule has 1 saturated heterocycles. The number of piperidine rings is 1. The van der Waals surface area contributed by atoms with Gasteiger partial charge in [0.1, 0.15) is 5.82 Å². The van der Waals surface area contributed by atoms with Gasteiger partial charge in [-0.1, -0.05) is 18.2 Å². The van der Waals surface area contributed by atoms with E-state index in [4.69, 9.17) is 22.1 Å². The summed E-state index contributed by atoms with van der Waals surface area (Å²) in [5.74, 6) is -1.41. The van der Waals surface area contributed by atoms with Crippen LogP contribution in [0.3, 0.4) is 0 Å². The van der Waals surface area contributed by atoms with Gasteiger partial charge in [-0.3, -0.25) is 19.2 Å². The van der Waals surface area contributed by atoms with E-state index in [9.17, 15) is 18.8 Å². The minimum Gasteiger partial charge on any atom is -0.466 e. The number of rotatable bonds is 11. The van der Waals surface area contributed by atoms with Gasteiger partial charge < -0.3 is 9.47 Å². The van der Waals surface area contributed by atoms with Gasteiger partial charge in [0, 0.05) is 36.0 Å². The van der Waals surface area contributed by atoms with Gasteiger partial charge in [-0.15, -0.1) is 0 Å². The van der Waals surface area contributed by atoms with E-state index < -0.39 is 24.0 Å². The first-order chi connectivity index (χ1) is 18.3. The molecule has 3 unspecified atom stereocenters. The molecule has 1 aromatic heterocycles. The van der Waals surface area contributed by atoms with Crippen molar-refractivity contribution >= 4 is 36.4 Å². The normalized spacial score (nSPS) is 20.6. The maximum atomic E-state index is 14.8.